The first kappa shape index (κ1) is 13.0. The highest BCUT2D eigenvalue weighted by Gasteiger charge is 2.45. The fraction of sp³-hybridized carbons (Fsp3) is 0.600. The second-order valence-corrected chi connectivity index (χ2v) is 5.93. The monoisotopic (exact) mass is 266 g/mol. The van der Waals surface area contributed by atoms with E-state index in [1.165, 1.54) is 43.9 Å². The predicted molar refractivity (Wildman–Crippen MR) is 70.1 cm³/mol. The summed E-state index contributed by atoms with van der Waals surface area (Å²) in [6, 6.07) is 4.01. The van der Waals surface area contributed by atoms with Crippen LogP contribution >= 0.6 is 0 Å². The Hall–Kier alpha value is -1.00. The Morgan fingerprint density at radius 2 is 1.63 bits per heavy atom. The van der Waals surface area contributed by atoms with Crippen molar-refractivity contribution >= 4 is 0 Å². The van der Waals surface area contributed by atoms with E-state index in [-0.39, 0.29) is 11.6 Å². The molecule has 0 bridgehead atoms. The summed E-state index contributed by atoms with van der Waals surface area (Å²) >= 11 is 0. The van der Waals surface area contributed by atoms with Crippen molar-refractivity contribution in [2.24, 2.45) is 23.6 Å². The molecule has 0 saturated heterocycles. The van der Waals surface area contributed by atoms with Crippen LogP contribution in [0, 0.1) is 29.4 Å². The van der Waals surface area contributed by atoms with Crippen molar-refractivity contribution < 1.29 is 8.78 Å². The zero-order valence-electron chi connectivity index (χ0n) is 10.9. The molecule has 1 unspecified atom stereocenters. The smallest absolute Gasteiger partial charge is 0.129 e. The minimum Gasteiger partial charge on any atom is -0.271 e. The van der Waals surface area contributed by atoms with Crippen molar-refractivity contribution in [1.82, 2.24) is 5.43 Å². The third-order valence-electron chi connectivity index (χ3n) is 4.50. The van der Waals surface area contributed by atoms with Gasteiger partial charge in [-0.25, -0.2) is 8.78 Å². The molecule has 104 valence electrons. The number of hydrazine groups is 1. The van der Waals surface area contributed by atoms with Gasteiger partial charge in [0.15, 0.2) is 0 Å². The molecular weight excluding hydrogens is 246 g/mol. The highest BCUT2D eigenvalue weighted by Crippen LogP contribution is 2.51. The fourth-order valence-electron chi connectivity index (χ4n) is 3.26. The van der Waals surface area contributed by atoms with Gasteiger partial charge in [-0.2, -0.15) is 0 Å². The molecule has 0 aromatic heterocycles. The van der Waals surface area contributed by atoms with E-state index in [0.29, 0.717) is 24.2 Å². The van der Waals surface area contributed by atoms with E-state index in [2.05, 4.69) is 5.43 Å². The van der Waals surface area contributed by atoms with Gasteiger partial charge in [0.25, 0.3) is 0 Å². The second-order valence-electron chi connectivity index (χ2n) is 5.93. The quantitative estimate of drug-likeness (QED) is 0.614. The summed E-state index contributed by atoms with van der Waals surface area (Å²) in [6.07, 6.45) is 5.28. The van der Waals surface area contributed by atoms with Crippen molar-refractivity contribution in [1.29, 1.82) is 0 Å². The van der Waals surface area contributed by atoms with Crippen LogP contribution in [0.2, 0.25) is 0 Å². The van der Waals surface area contributed by atoms with Crippen molar-refractivity contribution in [3.63, 3.8) is 0 Å². The van der Waals surface area contributed by atoms with Crippen LogP contribution < -0.4 is 11.3 Å². The van der Waals surface area contributed by atoms with Crippen molar-refractivity contribution in [3.8, 4) is 0 Å². The summed E-state index contributed by atoms with van der Waals surface area (Å²) in [5, 5.41) is 0. The lowest BCUT2D eigenvalue weighted by Gasteiger charge is -2.27. The molecule has 2 aliphatic carbocycles. The third-order valence-corrected chi connectivity index (χ3v) is 4.50. The number of hydrogen-bond acceptors (Lipinski definition) is 2. The van der Waals surface area contributed by atoms with E-state index < -0.39 is 11.6 Å². The molecule has 0 amide bonds. The van der Waals surface area contributed by atoms with Crippen LogP contribution in [0.5, 0.6) is 0 Å². The van der Waals surface area contributed by atoms with Crippen LogP contribution in [0.25, 0.3) is 0 Å². The van der Waals surface area contributed by atoms with Crippen LogP contribution in [0.3, 0.4) is 0 Å². The van der Waals surface area contributed by atoms with Crippen LogP contribution in [0.15, 0.2) is 18.2 Å². The van der Waals surface area contributed by atoms with Crippen LogP contribution in [-0.2, 0) is 6.42 Å². The average molecular weight is 266 g/mol. The highest BCUT2D eigenvalue weighted by atomic mass is 19.1. The number of nitrogens with two attached hydrogens (primary N) is 1. The maximum atomic E-state index is 13.7. The maximum Gasteiger partial charge on any atom is 0.129 e. The van der Waals surface area contributed by atoms with Crippen molar-refractivity contribution in [3.05, 3.63) is 35.4 Å². The molecule has 4 heteroatoms. The lowest BCUT2D eigenvalue weighted by atomic mass is 9.86. The molecule has 3 N–H and O–H groups in total. The van der Waals surface area contributed by atoms with Crippen molar-refractivity contribution in [2.75, 3.05) is 0 Å². The summed E-state index contributed by atoms with van der Waals surface area (Å²) in [7, 11) is 0. The lowest BCUT2D eigenvalue weighted by Crippen LogP contribution is -2.44. The van der Waals surface area contributed by atoms with Gasteiger partial charge < -0.3 is 0 Å². The number of hydrogen-bond donors (Lipinski definition) is 2. The van der Waals surface area contributed by atoms with E-state index in [1.54, 1.807) is 0 Å². The Bertz CT molecular complexity index is 423. The Morgan fingerprint density at radius 3 is 2.05 bits per heavy atom. The van der Waals surface area contributed by atoms with Crippen LogP contribution in [-0.4, -0.2) is 6.04 Å². The van der Waals surface area contributed by atoms with Gasteiger partial charge >= 0.3 is 0 Å². The topological polar surface area (TPSA) is 38.0 Å². The molecule has 0 heterocycles. The number of nitrogens with one attached hydrogen (secondary N) is 1. The number of benzene rings is 1. The Kier molecular flexibility index (Phi) is 3.54. The number of halogens is 2. The molecule has 0 aliphatic heterocycles. The van der Waals surface area contributed by atoms with Gasteiger partial charge in [-0.3, -0.25) is 11.3 Å². The summed E-state index contributed by atoms with van der Waals surface area (Å²) in [5.74, 6) is 6.59. The van der Waals surface area contributed by atoms with Gasteiger partial charge in [0, 0.05) is 11.6 Å². The lowest BCUT2D eigenvalue weighted by molar-refractivity contribution is 0.279. The van der Waals surface area contributed by atoms with E-state index in [9.17, 15) is 8.78 Å². The first-order valence-electron chi connectivity index (χ1n) is 7.09. The summed E-state index contributed by atoms with van der Waals surface area (Å²) in [6.45, 7) is 0. The molecule has 2 saturated carbocycles. The normalized spacial score (nSPS) is 20.8. The zero-order valence-corrected chi connectivity index (χ0v) is 10.9. The van der Waals surface area contributed by atoms with Gasteiger partial charge in [-0.05, 0) is 62.0 Å². The number of rotatable bonds is 6. The van der Waals surface area contributed by atoms with Gasteiger partial charge in [-0.15, -0.1) is 0 Å². The van der Waals surface area contributed by atoms with Gasteiger partial charge in [0.1, 0.15) is 11.6 Å². The van der Waals surface area contributed by atoms with Gasteiger partial charge in [0.2, 0.25) is 0 Å². The average Bonchev–Trinajstić information content (AvgIpc) is 3.26. The van der Waals surface area contributed by atoms with E-state index in [4.69, 9.17) is 5.84 Å². The Balaban J connectivity index is 1.78. The molecule has 19 heavy (non-hydrogen) atoms. The van der Waals surface area contributed by atoms with Gasteiger partial charge in [0.05, 0.1) is 0 Å². The highest BCUT2D eigenvalue weighted by molar-refractivity contribution is 5.21. The molecule has 2 fully saturated rings. The molecule has 3 rings (SSSR count). The molecule has 0 radical (unpaired) electrons. The minimum absolute atomic E-state index is 0.0219. The molecule has 1 aromatic carbocycles. The summed E-state index contributed by atoms with van der Waals surface area (Å²) < 4.78 is 27.5. The Morgan fingerprint density at radius 1 is 1.11 bits per heavy atom. The minimum atomic E-state index is -0.467. The SMILES string of the molecule is NNC(Cc1c(F)cccc1F)C(C1CC1)C1CC1. The molecule has 1 aromatic rings. The van der Waals surface area contributed by atoms with E-state index in [0.717, 1.165) is 0 Å². The first-order valence-corrected chi connectivity index (χ1v) is 7.09. The second kappa shape index (κ2) is 5.17. The third kappa shape index (κ3) is 2.79. The molecule has 0 spiro atoms. The van der Waals surface area contributed by atoms with Crippen LogP contribution in [0.4, 0.5) is 8.78 Å². The largest absolute Gasteiger partial charge is 0.271 e. The maximum absolute atomic E-state index is 13.7. The van der Waals surface area contributed by atoms with Gasteiger partial charge in [-0.1, -0.05) is 6.07 Å². The fourth-order valence-corrected chi connectivity index (χ4v) is 3.26. The molecular formula is C15H20F2N2. The van der Waals surface area contributed by atoms with E-state index in [1.807, 2.05) is 0 Å². The van der Waals surface area contributed by atoms with E-state index >= 15 is 0 Å². The molecule has 2 nitrogen and oxygen atoms in total. The molecule has 2 aliphatic rings. The molecule has 1 atom stereocenters. The first-order chi connectivity index (χ1) is 9.20. The summed E-state index contributed by atoms with van der Waals surface area (Å²) in [4.78, 5) is 0. The zero-order chi connectivity index (χ0) is 13.4. The van der Waals surface area contributed by atoms with Crippen LogP contribution in [0.1, 0.15) is 31.2 Å². The Labute approximate surface area is 112 Å². The van der Waals surface area contributed by atoms with Crippen molar-refractivity contribution in [2.45, 2.75) is 38.1 Å². The summed E-state index contributed by atoms with van der Waals surface area (Å²) in [5.41, 5.74) is 2.98. The predicted octanol–water partition coefficient (Wildman–Crippen LogP) is 2.78. The standard InChI is InChI=1S/C15H20F2N2/c16-12-2-1-3-13(17)11(12)8-14(19-18)15(9-4-5-9)10-6-7-10/h1-3,9-10,14-15,19H,4-8,18H2.